The molecule has 3 aliphatic rings. The van der Waals surface area contributed by atoms with Crippen LogP contribution in [0.2, 0.25) is 0 Å². The summed E-state index contributed by atoms with van der Waals surface area (Å²) in [5, 5.41) is 15.0. The Morgan fingerprint density at radius 1 is 1.08 bits per heavy atom. The Kier molecular flexibility index (Phi) is 4.77. The summed E-state index contributed by atoms with van der Waals surface area (Å²) in [5.41, 5.74) is 3.36. The van der Waals surface area contributed by atoms with Crippen LogP contribution >= 0.6 is 0 Å². The Labute approximate surface area is 217 Å². The highest BCUT2D eigenvalue weighted by molar-refractivity contribution is 6.19. The van der Waals surface area contributed by atoms with Crippen LogP contribution in [0.3, 0.4) is 0 Å². The quantitative estimate of drug-likeness (QED) is 0.358. The molecule has 190 valence electrons. The number of esters is 1. The minimum absolute atomic E-state index is 0.0712. The molecule has 3 aliphatic heterocycles. The molecule has 0 saturated carbocycles. The number of benzene rings is 2. The molecule has 9 nitrogen and oxygen atoms in total. The minimum Gasteiger partial charge on any atom is -0.458 e. The smallest absolute Gasteiger partial charge is 0.343 e. The zero-order valence-corrected chi connectivity index (χ0v) is 20.7. The molecular weight excluding hydrogens is 484 g/mol. The molecule has 9 heteroatoms. The van der Waals surface area contributed by atoms with E-state index in [9.17, 15) is 19.5 Å². The van der Waals surface area contributed by atoms with Crippen LogP contribution in [0.4, 0.5) is 16.2 Å². The number of anilines is 2. The summed E-state index contributed by atoms with van der Waals surface area (Å²) in [6, 6.07) is 17.0. The minimum atomic E-state index is -1.90. The van der Waals surface area contributed by atoms with E-state index < -0.39 is 11.6 Å². The standard InChI is InChI=1S/C29H24N4O5/c1-2-29(37)19-13-22-24-17(14-33(22)26(34)18(19)15-38-27(29)35)25-23-20(30-24)9-6-10-21(23)31-28(36)32(25)12-11-16-7-4-3-5-8-16/h3-10,13,37H,2,11-12,14-15H2,1H3,(H,31,36). The van der Waals surface area contributed by atoms with Crippen LogP contribution in [0.1, 0.15) is 35.6 Å². The third-order valence-corrected chi connectivity index (χ3v) is 7.91. The lowest BCUT2D eigenvalue weighted by Gasteiger charge is -2.31. The fourth-order valence-electron chi connectivity index (χ4n) is 5.89. The van der Waals surface area contributed by atoms with Gasteiger partial charge in [-0.1, -0.05) is 43.3 Å². The van der Waals surface area contributed by atoms with Crippen molar-refractivity contribution in [3.8, 4) is 11.4 Å². The second-order valence-corrected chi connectivity index (χ2v) is 9.91. The lowest BCUT2D eigenvalue weighted by molar-refractivity contribution is -0.172. The van der Waals surface area contributed by atoms with Gasteiger partial charge in [-0.2, -0.15) is 0 Å². The summed E-state index contributed by atoms with van der Waals surface area (Å²) in [7, 11) is 0. The summed E-state index contributed by atoms with van der Waals surface area (Å²) in [6.07, 6.45) is 0.723. The summed E-state index contributed by atoms with van der Waals surface area (Å²) in [6.45, 7) is 2.14. The summed E-state index contributed by atoms with van der Waals surface area (Å²) in [4.78, 5) is 46.2. The van der Waals surface area contributed by atoms with Crippen LogP contribution in [0, 0.1) is 0 Å². The predicted molar refractivity (Wildman–Crippen MR) is 141 cm³/mol. The Hall–Kier alpha value is -4.50. The Morgan fingerprint density at radius 2 is 1.89 bits per heavy atom. The van der Waals surface area contributed by atoms with Crippen LogP contribution in [0.5, 0.6) is 0 Å². The van der Waals surface area contributed by atoms with E-state index >= 15 is 0 Å². The molecule has 4 aromatic rings. The summed E-state index contributed by atoms with van der Waals surface area (Å²) >= 11 is 0. The van der Waals surface area contributed by atoms with Crippen molar-refractivity contribution in [2.75, 3.05) is 16.8 Å². The number of nitrogens with one attached hydrogen (secondary N) is 1. The monoisotopic (exact) mass is 508 g/mol. The van der Waals surface area contributed by atoms with Crippen molar-refractivity contribution in [1.82, 2.24) is 9.55 Å². The lowest BCUT2D eigenvalue weighted by atomic mass is 9.86. The molecule has 5 heterocycles. The molecule has 2 N–H and O–H groups in total. The maximum absolute atomic E-state index is 13.7. The fourth-order valence-corrected chi connectivity index (χ4v) is 5.89. The first-order chi connectivity index (χ1) is 18.4. The first-order valence-electron chi connectivity index (χ1n) is 12.7. The van der Waals surface area contributed by atoms with Crippen LogP contribution in [-0.2, 0) is 34.7 Å². The number of carbonyl (C=O) groups excluding carboxylic acids is 2. The van der Waals surface area contributed by atoms with E-state index in [2.05, 4.69) is 5.32 Å². The Balaban J connectivity index is 1.44. The maximum atomic E-state index is 13.7. The highest BCUT2D eigenvalue weighted by atomic mass is 16.6. The Morgan fingerprint density at radius 3 is 2.68 bits per heavy atom. The maximum Gasteiger partial charge on any atom is 0.343 e. The third-order valence-electron chi connectivity index (χ3n) is 7.91. The van der Waals surface area contributed by atoms with Crippen LogP contribution in [0.15, 0.2) is 59.4 Å². The molecule has 2 amide bonds. The molecule has 0 radical (unpaired) electrons. The molecule has 1 atom stereocenters. The second kappa shape index (κ2) is 8.00. The van der Waals surface area contributed by atoms with Gasteiger partial charge in [0.25, 0.3) is 5.56 Å². The average Bonchev–Trinajstić information content (AvgIpc) is 3.30. The number of fused-ring (bicyclic) bond motifs is 5. The van der Waals surface area contributed by atoms with E-state index in [-0.39, 0.29) is 42.3 Å². The number of nitrogens with zero attached hydrogens (tertiary/aromatic N) is 3. The summed E-state index contributed by atoms with van der Waals surface area (Å²) < 4.78 is 6.79. The number of rotatable bonds is 4. The topological polar surface area (TPSA) is 114 Å². The lowest BCUT2D eigenvalue weighted by Crippen LogP contribution is -2.44. The highest BCUT2D eigenvalue weighted by Crippen LogP contribution is 2.46. The predicted octanol–water partition coefficient (Wildman–Crippen LogP) is 3.67. The van der Waals surface area contributed by atoms with Crippen molar-refractivity contribution in [2.24, 2.45) is 0 Å². The first-order valence-corrected chi connectivity index (χ1v) is 12.7. The van der Waals surface area contributed by atoms with Gasteiger partial charge in [0, 0.05) is 23.1 Å². The van der Waals surface area contributed by atoms with Crippen LogP contribution in [-0.4, -0.2) is 33.2 Å². The van der Waals surface area contributed by atoms with Crippen molar-refractivity contribution in [2.45, 2.75) is 38.5 Å². The van der Waals surface area contributed by atoms with Gasteiger partial charge in [0.15, 0.2) is 5.60 Å². The number of pyridine rings is 2. The van der Waals surface area contributed by atoms with E-state index in [4.69, 9.17) is 9.72 Å². The molecule has 7 rings (SSSR count). The van der Waals surface area contributed by atoms with Crippen molar-refractivity contribution < 1.29 is 19.4 Å². The van der Waals surface area contributed by atoms with Crippen molar-refractivity contribution in [3.63, 3.8) is 0 Å². The van der Waals surface area contributed by atoms with Crippen molar-refractivity contribution >= 4 is 34.3 Å². The number of aromatic nitrogens is 2. The third kappa shape index (κ3) is 3.02. The molecule has 2 aromatic carbocycles. The van der Waals surface area contributed by atoms with Crippen LogP contribution < -0.4 is 15.8 Å². The number of aliphatic hydroxyl groups is 1. The highest BCUT2D eigenvalue weighted by Gasteiger charge is 2.46. The fraction of sp³-hybridized carbons (Fsp3) is 0.241. The van der Waals surface area contributed by atoms with Gasteiger partial charge in [0.1, 0.15) is 6.61 Å². The van der Waals surface area contributed by atoms with Gasteiger partial charge < -0.3 is 19.7 Å². The molecular formula is C29H24N4O5. The summed E-state index contributed by atoms with van der Waals surface area (Å²) in [5.74, 6) is -0.759. The van der Waals surface area contributed by atoms with Gasteiger partial charge in [-0.25, -0.2) is 14.6 Å². The number of amides is 2. The first kappa shape index (κ1) is 22.7. The van der Waals surface area contributed by atoms with E-state index in [0.29, 0.717) is 35.6 Å². The Bertz CT molecular complexity index is 1750. The van der Waals surface area contributed by atoms with Crippen molar-refractivity contribution in [3.05, 3.63) is 87.2 Å². The second-order valence-electron chi connectivity index (χ2n) is 9.91. The number of cyclic esters (lactones) is 1. The molecule has 38 heavy (non-hydrogen) atoms. The van der Waals surface area contributed by atoms with Gasteiger partial charge in [0.05, 0.1) is 40.4 Å². The van der Waals surface area contributed by atoms with E-state index in [1.54, 1.807) is 22.5 Å². The molecule has 0 bridgehead atoms. The zero-order chi connectivity index (χ0) is 26.2. The average molecular weight is 509 g/mol. The SMILES string of the molecule is CCC1(O)C(=O)OCc2c1cc1n(c2=O)Cc2c-1nc1cccc3c1c2N(CCc1ccccc1)C(=O)N3. The number of hydrogen-bond donors (Lipinski definition) is 2. The van der Waals surface area contributed by atoms with E-state index in [0.717, 1.165) is 22.2 Å². The van der Waals surface area contributed by atoms with Gasteiger partial charge in [-0.3, -0.25) is 9.69 Å². The van der Waals surface area contributed by atoms with Gasteiger partial charge >= 0.3 is 12.0 Å². The van der Waals surface area contributed by atoms with Crippen molar-refractivity contribution in [1.29, 1.82) is 0 Å². The molecule has 0 saturated heterocycles. The number of ether oxygens (including phenoxy) is 1. The normalized spacial score (nSPS) is 19.1. The zero-order valence-electron chi connectivity index (χ0n) is 20.7. The number of hydrogen-bond acceptors (Lipinski definition) is 6. The van der Waals surface area contributed by atoms with E-state index in [1.165, 1.54) is 0 Å². The molecule has 0 spiro atoms. The largest absolute Gasteiger partial charge is 0.458 e. The van der Waals surface area contributed by atoms with Gasteiger partial charge in [-0.15, -0.1) is 0 Å². The molecule has 2 aromatic heterocycles. The number of carbonyl (C=O) groups is 2. The van der Waals surface area contributed by atoms with E-state index in [1.807, 2.05) is 48.5 Å². The molecule has 1 unspecified atom stereocenters. The van der Waals surface area contributed by atoms with Crippen LogP contribution in [0.25, 0.3) is 22.3 Å². The molecule has 0 fully saturated rings. The van der Waals surface area contributed by atoms with Gasteiger partial charge in [-0.05, 0) is 36.6 Å². The number of urea groups is 1. The van der Waals surface area contributed by atoms with Gasteiger partial charge in [0.2, 0.25) is 0 Å². The molecule has 0 aliphatic carbocycles.